The summed E-state index contributed by atoms with van der Waals surface area (Å²) in [5.74, 6) is -0.0666. The standard InChI is InChI=1S/C33H45N5O2/c1-21-18-22(2)35-33(40)29(21)20-34-32(39)28-19-30-27(25-10-8-7-9-11-25)14-17-38(30)31(23(28)3)24(4)37-15-12-26(13-16-37)36(5)6/h7-11,14,17,19,21-22,24,26,29H,12-13,15-16,18,20H2,1-6H3,(H,34,39)(H,35,40). The minimum absolute atomic E-state index is 0.0344. The summed E-state index contributed by atoms with van der Waals surface area (Å²) in [5.41, 5.74) is 6.12. The van der Waals surface area contributed by atoms with Crippen LogP contribution in [0, 0.1) is 18.8 Å². The first-order valence-corrected chi connectivity index (χ1v) is 14.8. The van der Waals surface area contributed by atoms with Crippen LogP contribution < -0.4 is 10.6 Å². The van der Waals surface area contributed by atoms with Crippen molar-refractivity contribution < 1.29 is 9.59 Å². The highest BCUT2D eigenvalue weighted by Crippen LogP contribution is 2.35. The summed E-state index contributed by atoms with van der Waals surface area (Å²) in [6.07, 6.45) is 5.36. The van der Waals surface area contributed by atoms with Crippen LogP contribution in [0.3, 0.4) is 0 Å². The number of likely N-dealkylation sites (tertiary alicyclic amines) is 1. The fraction of sp³-hybridized carbons (Fsp3) is 0.515. The molecule has 4 unspecified atom stereocenters. The molecule has 4 heterocycles. The van der Waals surface area contributed by atoms with Crippen LogP contribution in [0.2, 0.25) is 0 Å². The molecular formula is C33H45N5O2. The van der Waals surface area contributed by atoms with Gasteiger partial charge in [-0.3, -0.25) is 14.5 Å². The number of benzene rings is 1. The van der Waals surface area contributed by atoms with Crippen LogP contribution in [0.4, 0.5) is 0 Å². The molecule has 0 radical (unpaired) electrons. The molecule has 0 aliphatic carbocycles. The highest BCUT2D eigenvalue weighted by atomic mass is 16.2. The molecule has 1 aromatic carbocycles. The fourth-order valence-electron chi connectivity index (χ4n) is 6.92. The van der Waals surface area contributed by atoms with E-state index in [1.165, 1.54) is 0 Å². The molecule has 7 heteroatoms. The minimum atomic E-state index is -0.214. The van der Waals surface area contributed by atoms with Crippen LogP contribution in [0.15, 0.2) is 48.7 Å². The van der Waals surface area contributed by atoms with Gasteiger partial charge in [-0.1, -0.05) is 37.3 Å². The maximum Gasteiger partial charge on any atom is 0.251 e. The van der Waals surface area contributed by atoms with Crippen molar-refractivity contribution in [2.75, 3.05) is 33.7 Å². The maximum absolute atomic E-state index is 13.8. The molecular weight excluding hydrogens is 498 g/mol. The number of amides is 2. The van der Waals surface area contributed by atoms with E-state index in [1.807, 2.05) is 19.1 Å². The second kappa shape index (κ2) is 11.8. The van der Waals surface area contributed by atoms with Crippen molar-refractivity contribution in [3.8, 4) is 11.1 Å². The van der Waals surface area contributed by atoms with E-state index in [0.717, 1.165) is 60.3 Å². The number of hydrogen-bond donors (Lipinski definition) is 2. The first-order chi connectivity index (χ1) is 19.2. The lowest BCUT2D eigenvalue weighted by Gasteiger charge is -2.39. The Labute approximate surface area is 238 Å². The van der Waals surface area contributed by atoms with E-state index in [4.69, 9.17) is 0 Å². The average Bonchev–Trinajstić information content (AvgIpc) is 3.35. The van der Waals surface area contributed by atoms with Crippen molar-refractivity contribution in [2.24, 2.45) is 11.8 Å². The number of pyridine rings is 1. The Morgan fingerprint density at radius 1 is 1.12 bits per heavy atom. The van der Waals surface area contributed by atoms with Gasteiger partial charge in [0.05, 0.1) is 11.4 Å². The third-order valence-electron chi connectivity index (χ3n) is 9.38. The topological polar surface area (TPSA) is 69.1 Å². The second-order valence-corrected chi connectivity index (χ2v) is 12.3. The molecule has 40 heavy (non-hydrogen) atoms. The summed E-state index contributed by atoms with van der Waals surface area (Å²) < 4.78 is 2.29. The summed E-state index contributed by atoms with van der Waals surface area (Å²) in [6.45, 7) is 10.9. The van der Waals surface area contributed by atoms with Gasteiger partial charge in [0.15, 0.2) is 0 Å². The number of aromatic nitrogens is 1. The van der Waals surface area contributed by atoms with Gasteiger partial charge in [-0.2, -0.15) is 0 Å². The molecule has 2 aliphatic rings. The molecule has 2 fully saturated rings. The van der Waals surface area contributed by atoms with Crippen LogP contribution in [0.5, 0.6) is 0 Å². The van der Waals surface area contributed by atoms with E-state index in [1.54, 1.807) is 0 Å². The lowest BCUT2D eigenvalue weighted by atomic mass is 9.84. The Morgan fingerprint density at radius 3 is 2.48 bits per heavy atom. The fourth-order valence-corrected chi connectivity index (χ4v) is 6.92. The summed E-state index contributed by atoms with van der Waals surface area (Å²) in [4.78, 5) is 31.4. The second-order valence-electron chi connectivity index (χ2n) is 12.3. The largest absolute Gasteiger partial charge is 0.353 e. The van der Waals surface area contributed by atoms with Crippen LogP contribution in [0.1, 0.15) is 67.7 Å². The van der Waals surface area contributed by atoms with Crippen molar-refractivity contribution in [3.05, 3.63) is 65.5 Å². The van der Waals surface area contributed by atoms with Crippen LogP contribution in [-0.2, 0) is 4.79 Å². The highest BCUT2D eigenvalue weighted by Gasteiger charge is 2.33. The minimum Gasteiger partial charge on any atom is -0.353 e. The number of hydrogen-bond acceptors (Lipinski definition) is 4. The third-order valence-corrected chi connectivity index (χ3v) is 9.38. The van der Waals surface area contributed by atoms with E-state index < -0.39 is 0 Å². The van der Waals surface area contributed by atoms with Crippen LogP contribution in [-0.4, -0.2) is 71.8 Å². The maximum atomic E-state index is 13.8. The van der Waals surface area contributed by atoms with Crippen molar-refractivity contribution in [2.45, 2.75) is 65.1 Å². The molecule has 2 aromatic heterocycles. The SMILES string of the molecule is Cc1c(C(=O)NCC2C(=O)NC(C)CC2C)cc2c(-c3ccccc3)ccn2c1C(C)N1CCC(N(C)C)CC1. The van der Waals surface area contributed by atoms with Gasteiger partial charge in [0.1, 0.15) is 0 Å². The van der Waals surface area contributed by atoms with E-state index >= 15 is 0 Å². The van der Waals surface area contributed by atoms with Crippen molar-refractivity contribution in [1.82, 2.24) is 24.8 Å². The van der Waals surface area contributed by atoms with Crippen LogP contribution >= 0.6 is 0 Å². The first kappa shape index (κ1) is 28.4. The molecule has 7 nitrogen and oxygen atoms in total. The Kier molecular flexibility index (Phi) is 8.34. The molecule has 0 saturated carbocycles. The lowest BCUT2D eigenvalue weighted by Crippen LogP contribution is -2.50. The van der Waals surface area contributed by atoms with Gasteiger partial charge in [-0.15, -0.1) is 0 Å². The van der Waals surface area contributed by atoms with Gasteiger partial charge < -0.3 is 19.9 Å². The number of piperidine rings is 2. The summed E-state index contributed by atoms with van der Waals surface area (Å²) >= 11 is 0. The third kappa shape index (κ3) is 5.54. The zero-order valence-electron chi connectivity index (χ0n) is 24.9. The molecule has 2 aliphatic heterocycles. The molecule has 214 valence electrons. The predicted molar refractivity (Wildman–Crippen MR) is 161 cm³/mol. The number of rotatable bonds is 7. The number of fused-ring (bicyclic) bond motifs is 1. The monoisotopic (exact) mass is 543 g/mol. The van der Waals surface area contributed by atoms with Gasteiger partial charge in [0.2, 0.25) is 5.91 Å². The Morgan fingerprint density at radius 2 is 1.82 bits per heavy atom. The summed E-state index contributed by atoms with van der Waals surface area (Å²) in [5, 5.41) is 6.19. The average molecular weight is 544 g/mol. The Balaban J connectivity index is 1.50. The van der Waals surface area contributed by atoms with E-state index in [9.17, 15) is 9.59 Å². The molecule has 2 N–H and O–H groups in total. The molecule has 3 aromatic rings. The first-order valence-electron chi connectivity index (χ1n) is 14.8. The Bertz CT molecular complexity index is 1360. The smallest absolute Gasteiger partial charge is 0.251 e. The van der Waals surface area contributed by atoms with Gasteiger partial charge >= 0.3 is 0 Å². The van der Waals surface area contributed by atoms with Gasteiger partial charge in [-0.25, -0.2) is 0 Å². The zero-order chi connectivity index (χ0) is 28.6. The highest BCUT2D eigenvalue weighted by molar-refractivity contribution is 5.99. The summed E-state index contributed by atoms with van der Waals surface area (Å²) in [6, 6.07) is 15.5. The van der Waals surface area contributed by atoms with E-state index in [2.05, 4.69) is 96.2 Å². The lowest BCUT2D eigenvalue weighted by molar-refractivity contribution is -0.129. The Hall–Kier alpha value is -3.16. The molecule has 2 amide bonds. The van der Waals surface area contributed by atoms with Gasteiger partial charge in [0, 0.05) is 60.8 Å². The van der Waals surface area contributed by atoms with Gasteiger partial charge in [0.25, 0.3) is 5.91 Å². The van der Waals surface area contributed by atoms with E-state index in [0.29, 0.717) is 18.2 Å². The van der Waals surface area contributed by atoms with Crippen molar-refractivity contribution >= 4 is 17.3 Å². The molecule has 5 rings (SSSR count). The van der Waals surface area contributed by atoms with E-state index in [-0.39, 0.29) is 35.7 Å². The van der Waals surface area contributed by atoms with Crippen molar-refractivity contribution in [3.63, 3.8) is 0 Å². The number of nitrogens with one attached hydrogen (secondary N) is 2. The number of carbonyl (C=O) groups excluding carboxylic acids is 2. The molecule has 0 spiro atoms. The van der Waals surface area contributed by atoms with Crippen molar-refractivity contribution in [1.29, 1.82) is 0 Å². The van der Waals surface area contributed by atoms with Gasteiger partial charge in [-0.05, 0) is 83.3 Å². The predicted octanol–water partition coefficient (Wildman–Crippen LogP) is 4.89. The molecule has 4 atom stereocenters. The zero-order valence-corrected chi connectivity index (χ0v) is 24.9. The molecule has 0 bridgehead atoms. The normalized spacial score (nSPS) is 23.4. The number of carbonyl (C=O) groups is 2. The van der Waals surface area contributed by atoms with Crippen LogP contribution in [0.25, 0.3) is 16.6 Å². The number of nitrogens with zero attached hydrogens (tertiary/aromatic N) is 3. The molecule has 2 saturated heterocycles. The summed E-state index contributed by atoms with van der Waals surface area (Å²) in [7, 11) is 4.34. The quantitative estimate of drug-likeness (QED) is 0.445.